The average Bonchev–Trinajstić information content (AvgIpc) is 3.13. The first-order chi connectivity index (χ1) is 13.4. The lowest BCUT2D eigenvalue weighted by molar-refractivity contribution is 0.383. The first kappa shape index (κ1) is 21.7. The van der Waals surface area contributed by atoms with Crippen LogP contribution >= 0.6 is 35.3 Å². The van der Waals surface area contributed by atoms with Gasteiger partial charge in [0.05, 0.1) is 10.5 Å². The summed E-state index contributed by atoms with van der Waals surface area (Å²) in [5.74, 6) is 0.505. The van der Waals surface area contributed by atoms with Gasteiger partial charge in [-0.1, -0.05) is 42.8 Å². The van der Waals surface area contributed by atoms with Crippen molar-refractivity contribution < 1.29 is 5.11 Å². The Morgan fingerprint density at radius 2 is 1.90 bits per heavy atom. The third-order valence-corrected chi connectivity index (χ3v) is 6.26. The number of hydrogen-bond acceptors (Lipinski definition) is 4. The van der Waals surface area contributed by atoms with Gasteiger partial charge in [0.2, 0.25) is 0 Å². The summed E-state index contributed by atoms with van der Waals surface area (Å²) in [5.41, 5.74) is 3.20. The number of hydrogen-bond donors (Lipinski definition) is 2. The molecule has 2 aromatic carbocycles. The average molecular weight is 449 g/mol. The van der Waals surface area contributed by atoms with E-state index < -0.39 is 0 Å². The maximum Gasteiger partial charge on any atom is 0.266 e. The van der Waals surface area contributed by atoms with E-state index in [4.69, 9.17) is 11.6 Å². The van der Waals surface area contributed by atoms with Crippen LogP contribution in [0.1, 0.15) is 18.4 Å². The Labute approximate surface area is 184 Å². The molecular weight excluding hydrogens is 427 g/mol. The molecule has 7 heteroatoms. The van der Waals surface area contributed by atoms with E-state index in [1.807, 2.05) is 23.6 Å². The molecule has 2 N–H and O–H groups in total. The molecule has 29 heavy (non-hydrogen) atoms. The van der Waals surface area contributed by atoms with E-state index in [1.54, 1.807) is 0 Å². The van der Waals surface area contributed by atoms with Gasteiger partial charge in [-0.3, -0.25) is 4.79 Å². The smallest absolute Gasteiger partial charge is 0.266 e. The predicted octanol–water partition coefficient (Wildman–Crippen LogP) is 5.86. The van der Waals surface area contributed by atoms with E-state index >= 15 is 0 Å². The fourth-order valence-electron chi connectivity index (χ4n) is 3.80. The maximum atomic E-state index is 12.4. The van der Waals surface area contributed by atoms with Crippen molar-refractivity contribution in [3.63, 3.8) is 0 Å². The number of aromatic hydroxyl groups is 1. The quantitative estimate of drug-likeness (QED) is 0.411. The highest BCUT2D eigenvalue weighted by molar-refractivity contribution is 7.17. The molecule has 0 saturated heterocycles. The number of halogens is 2. The molecule has 0 fully saturated rings. The molecular formula is C22H22Cl2N2O2S. The Kier molecular flexibility index (Phi) is 6.24. The molecule has 1 unspecified atom stereocenters. The molecule has 0 amide bonds. The number of thiophene rings is 1. The molecule has 0 aliphatic rings. The molecule has 152 valence electrons. The number of fused-ring (bicyclic) bond motifs is 3. The normalized spacial score (nSPS) is 12.4. The standard InChI is InChI=1S/C22H21ClN2O2S.ClH/c1-12(11-25(2)3)13-4-6-14(7-5-13)18-17(26)10-16(23)20-19(18)15-8-9-28-21(15)22(27)24-20;/h4-10,12,26H,11H2,1-3H3,(H,24,27);1H. The van der Waals surface area contributed by atoms with E-state index in [-0.39, 0.29) is 23.7 Å². The summed E-state index contributed by atoms with van der Waals surface area (Å²) in [4.78, 5) is 17.4. The van der Waals surface area contributed by atoms with E-state index in [1.165, 1.54) is 23.0 Å². The van der Waals surface area contributed by atoms with Gasteiger partial charge in [-0.2, -0.15) is 0 Å². The number of nitrogens with one attached hydrogen (secondary N) is 1. The molecule has 4 rings (SSSR count). The minimum Gasteiger partial charge on any atom is -0.507 e. The Hall–Kier alpha value is -2.05. The van der Waals surface area contributed by atoms with Gasteiger partial charge < -0.3 is 15.0 Å². The Morgan fingerprint density at radius 3 is 2.55 bits per heavy atom. The van der Waals surface area contributed by atoms with Crippen molar-refractivity contribution in [1.29, 1.82) is 0 Å². The largest absolute Gasteiger partial charge is 0.507 e. The molecule has 4 aromatic rings. The molecule has 1 atom stereocenters. The van der Waals surface area contributed by atoms with E-state index in [2.05, 4.69) is 43.0 Å². The van der Waals surface area contributed by atoms with E-state index in [0.717, 1.165) is 22.9 Å². The van der Waals surface area contributed by atoms with Crippen LogP contribution < -0.4 is 5.56 Å². The summed E-state index contributed by atoms with van der Waals surface area (Å²) in [6, 6.07) is 11.6. The van der Waals surface area contributed by atoms with Gasteiger partial charge in [0.1, 0.15) is 10.4 Å². The van der Waals surface area contributed by atoms with Crippen LogP contribution in [0.25, 0.3) is 32.1 Å². The first-order valence-corrected chi connectivity index (χ1v) is 10.3. The molecule has 2 aromatic heterocycles. The van der Waals surface area contributed by atoms with Crippen molar-refractivity contribution in [2.75, 3.05) is 20.6 Å². The predicted molar refractivity (Wildman–Crippen MR) is 126 cm³/mol. The number of phenolic OH excluding ortho intramolecular Hbond substituents is 1. The number of rotatable bonds is 4. The third-order valence-electron chi connectivity index (χ3n) is 5.05. The van der Waals surface area contributed by atoms with Gasteiger partial charge in [-0.05, 0) is 42.6 Å². The van der Waals surface area contributed by atoms with Crippen molar-refractivity contribution in [2.24, 2.45) is 0 Å². The number of aromatic nitrogens is 1. The van der Waals surface area contributed by atoms with Gasteiger partial charge in [0.15, 0.2) is 0 Å². The second-order valence-corrected chi connectivity index (χ2v) is 8.73. The van der Waals surface area contributed by atoms with Crippen LogP contribution in [0.3, 0.4) is 0 Å². The molecule has 0 bridgehead atoms. The zero-order chi connectivity index (χ0) is 20.0. The second-order valence-electron chi connectivity index (χ2n) is 7.41. The molecule has 0 saturated carbocycles. The monoisotopic (exact) mass is 448 g/mol. The number of phenols is 1. The van der Waals surface area contributed by atoms with Gasteiger partial charge in [-0.25, -0.2) is 0 Å². The summed E-state index contributed by atoms with van der Waals surface area (Å²) < 4.78 is 0.631. The minimum absolute atomic E-state index is 0. The van der Waals surface area contributed by atoms with Crippen LogP contribution in [0.5, 0.6) is 5.75 Å². The molecule has 0 aliphatic heterocycles. The van der Waals surface area contributed by atoms with Crippen LogP contribution in [0.15, 0.2) is 46.6 Å². The zero-order valence-electron chi connectivity index (χ0n) is 16.3. The van der Waals surface area contributed by atoms with Crippen molar-refractivity contribution in [2.45, 2.75) is 12.8 Å². The SMILES string of the molecule is CC(CN(C)C)c1ccc(-c2c(O)cc(Cl)c3[nH]c(=O)c4sccc4c23)cc1.Cl. The lowest BCUT2D eigenvalue weighted by Gasteiger charge is -2.18. The summed E-state index contributed by atoms with van der Waals surface area (Å²) >= 11 is 7.73. The Morgan fingerprint density at radius 1 is 1.21 bits per heavy atom. The first-order valence-electron chi connectivity index (χ1n) is 9.06. The molecule has 2 heterocycles. The van der Waals surface area contributed by atoms with Crippen molar-refractivity contribution in [1.82, 2.24) is 9.88 Å². The zero-order valence-corrected chi connectivity index (χ0v) is 18.7. The lowest BCUT2D eigenvalue weighted by Crippen LogP contribution is -2.18. The number of benzene rings is 2. The second kappa shape index (κ2) is 8.36. The fraction of sp³-hybridized carbons (Fsp3) is 0.227. The maximum absolute atomic E-state index is 12.4. The van der Waals surface area contributed by atoms with Crippen LogP contribution in [0.4, 0.5) is 0 Å². The van der Waals surface area contributed by atoms with Crippen LogP contribution in [0, 0.1) is 0 Å². The van der Waals surface area contributed by atoms with Gasteiger partial charge in [0.25, 0.3) is 5.56 Å². The van der Waals surface area contributed by atoms with Crippen molar-refractivity contribution >= 4 is 56.3 Å². The highest BCUT2D eigenvalue weighted by Gasteiger charge is 2.18. The fourth-order valence-corrected chi connectivity index (χ4v) is 4.84. The molecule has 0 aliphatic carbocycles. The topological polar surface area (TPSA) is 56.3 Å². The van der Waals surface area contributed by atoms with Gasteiger partial charge >= 0.3 is 0 Å². The molecule has 0 radical (unpaired) electrons. The van der Waals surface area contributed by atoms with Crippen LogP contribution in [-0.2, 0) is 0 Å². The van der Waals surface area contributed by atoms with Gasteiger partial charge in [-0.15, -0.1) is 23.7 Å². The van der Waals surface area contributed by atoms with E-state index in [0.29, 0.717) is 26.7 Å². The summed E-state index contributed by atoms with van der Waals surface area (Å²) in [6.45, 7) is 3.16. The highest BCUT2D eigenvalue weighted by Crippen LogP contribution is 2.42. The van der Waals surface area contributed by atoms with Crippen LogP contribution in [-0.4, -0.2) is 35.6 Å². The van der Waals surface area contributed by atoms with Crippen molar-refractivity contribution in [3.8, 4) is 16.9 Å². The summed E-state index contributed by atoms with van der Waals surface area (Å²) in [5, 5.41) is 14.5. The minimum atomic E-state index is -0.163. The Balaban J connectivity index is 0.00000240. The van der Waals surface area contributed by atoms with E-state index in [9.17, 15) is 9.90 Å². The molecule has 4 nitrogen and oxygen atoms in total. The summed E-state index contributed by atoms with van der Waals surface area (Å²) in [6.07, 6.45) is 0. The number of H-pyrrole nitrogens is 1. The number of likely N-dealkylation sites (N-methyl/N-ethyl adjacent to an activating group) is 1. The van der Waals surface area contributed by atoms with Gasteiger partial charge in [0, 0.05) is 28.9 Å². The molecule has 0 spiro atoms. The summed E-state index contributed by atoms with van der Waals surface area (Å²) in [7, 11) is 4.13. The van der Waals surface area contributed by atoms with Crippen LogP contribution in [0.2, 0.25) is 5.02 Å². The third kappa shape index (κ3) is 3.88. The number of nitrogens with zero attached hydrogens (tertiary/aromatic N) is 1. The Bertz CT molecular complexity index is 1230. The van der Waals surface area contributed by atoms with Crippen molar-refractivity contribution in [3.05, 3.63) is 62.7 Å². The highest BCUT2D eigenvalue weighted by atomic mass is 35.5. The lowest BCUT2D eigenvalue weighted by atomic mass is 9.94. The number of aromatic amines is 1. The number of pyridine rings is 1.